The molecule has 200 valence electrons. The van der Waals surface area contributed by atoms with Crippen molar-refractivity contribution in [2.24, 2.45) is 0 Å². The van der Waals surface area contributed by atoms with Crippen LogP contribution in [-0.4, -0.2) is 45.4 Å². The number of aliphatic hydroxyl groups is 1. The second kappa shape index (κ2) is 12.2. The first-order chi connectivity index (χ1) is 17.8. The molecule has 37 heavy (non-hydrogen) atoms. The molecule has 1 unspecified atom stereocenters. The first-order valence-electron chi connectivity index (χ1n) is 12.1. The number of methoxy groups -OCH3 is 1. The van der Waals surface area contributed by atoms with Crippen LogP contribution in [0.2, 0.25) is 0 Å². The number of aliphatic hydroxyl groups excluding tert-OH is 1. The summed E-state index contributed by atoms with van der Waals surface area (Å²) < 4.78 is 53.7. The summed E-state index contributed by atoms with van der Waals surface area (Å²) in [4.78, 5) is 0. The minimum atomic E-state index is -4.69. The van der Waals surface area contributed by atoms with Crippen molar-refractivity contribution >= 4 is 11.8 Å². The van der Waals surface area contributed by atoms with Crippen LogP contribution in [0.4, 0.5) is 13.2 Å². The lowest BCUT2D eigenvalue weighted by molar-refractivity contribution is -0.274. The molecule has 0 amide bonds. The van der Waals surface area contributed by atoms with Crippen molar-refractivity contribution in [2.45, 2.75) is 68.0 Å². The van der Waals surface area contributed by atoms with Gasteiger partial charge in [-0.2, -0.15) is 0 Å². The lowest BCUT2D eigenvalue weighted by Gasteiger charge is -2.29. The second-order valence-electron chi connectivity index (χ2n) is 8.80. The summed E-state index contributed by atoms with van der Waals surface area (Å²) in [6.07, 6.45) is -2.23. The van der Waals surface area contributed by atoms with E-state index in [0.717, 1.165) is 47.6 Å². The van der Waals surface area contributed by atoms with Crippen molar-refractivity contribution in [3.8, 4) is 11.5 Å². The lowest BCUT2D eigenvalue weighted by Crippen LogP contribution is -2.18. The van der Waals surface area contributed by atoms with Crippen LogP contribution in [0.25, 0.3) is 0 Å². The Morgan fingerprint density at radius 2 is 1.68 bits per heavy atom. The molecule has 11 heteroatoms. The molecule has 1 atom stereocenters. The molecule has 2 aromatic carbocycles. The molecule has 1 aliphatic carbocycles. The maximum Gasteiger partial charge on any atom is 0.573 e. The smallest absolute Gasteiger partial charge is 0.497 e. The summed E-state index contributed by atoms with van der Waals surface area (Å²) in [6.45, 7) is 2.63. The average molecular weight is 538 g/mol. The van der Waals surface area contributed by atoms with Crippen molar-refractivity contribution in [3.63, 3.8) is 0 Å². The van der Waals surface area contributed by atoms with E-state index in [4.69, 9.17) is 9.47 Å². The van der Waals surface area contributed by atoms with Crippen LogP contribution in [-0.2, 0) is 11.3 Å². The zero-order chi connectivity index (χ0) is 26.4. The topological polar surface area (TPSA) is 78.6 Å². The predicted molar refractivity (Wildman–Crippen MR) is 133 cm³/mol. The van der Waals surface area contributed by atoms with Gasteiger partial charge in [-0.05, 0) is 73.9 Å². The van der Waals surface area contributed by atoms with Crippen LogP contribution in [0.5, 0.6) is 11.5 Å². The predicted octanol–water partition coefficient (Wildman–Crippen LogP) is 6.08. The summed E-state index contributed by atoms with van der Waals surface area (Å²) in [5, 5.41) is 20.1. The third-order valence-electron chi connectivity index (χ3n) is 6.30. The van der Waals surface area contributed by atoms with Gasteiger partial charge in [0.05, 0.1) is 13.7 Å². The molecule has 1 aliphatic rings. The van der Waals surface area contributed by atoms with Gasteiger partial charge < -0.3 is 19.3 Å². The number of hydrogen-bond donors (Lipinski definition) is 1. The first kappa shape index (κ1) is 27.3. The highest BCUT2D eigenvalue weighted by atomic mass is 32.2. The number of rotatable bonds is 10. The summed E-state index contributed by atoms with van der Waals surface area (Å²) in [7, 11) is 1.62. The van der Waals surface area contributed by atoms with Gasteiger partial charge in [0.1, 0.15) is 16.5 Å². The Balaban J connectivity index is 1.42. The maximum atomic E-state index is 12.4. The highest BCUT2D eigenvalue weighted by molar-refractivity contribution is 7.99. The van der Waals surface area contributed by atoms with Crippen molar-refractivity contribution in [2.75, 3.05) is 13.7 Å². The Labute approximate surface area is 217 Å². The van der Waals surface area contributed by atoms with E-state index < -0.39 is 12.7 Å². The van der Waals surface area contributed by atoms with Crippen molar-refractivity contribution in [1.82, 2.24) is 15.0 Å². The van der Waals surface area contributed by atoms with E-state index in [0.29, 0.717) is 18.8 Å². The lowest BCUT2D eigenvalue weighted by atomic mass is 9.84. The molecule has 0 saturated heterocycles. The second-order valence-corrected chi connectivity index (χ2v) is 10.1. The molecule has 1 N–H and O–H groups in total. The zero-order valence-electron chi connectivity index (χ0n) is 20.6. The van der Waals surface area contributed by atoms with E-state index in [-0.39, 0.29) is 16.9 Å². The van der Waals surface area contributed by atoms with Crippen molar-refractivity contribution in [3.05, 3.63) is 65.4 Å². The third kappa shape index (κ3) is 7.39. The monoisotopic (exact) mass is 537 g/mol. The van der Waals surface area contributed by atoms with Crippen LogP contribution in [0, 0.1) is 0 Å². The van der Waals surface area contributed by atoms with E-state index in [2.05, 4.69) is 15.0 Å². The molecule has 1 fully saturated rings. The molecular weight excluding hydrogens is 507 g/mol. The van der Waals surface area contributed by atoms with Gasteiger partial charge in [0.2, 0.25) is 6.29 Å². The van der Waals surface area contributed by atoms with Crippen LogP contribution in [0.15, 0.2) is 53.6 Å². The number of hydrogen-bond acceptors (Lipinski definition) is 7. The largest absolute Gasteiger partial charge is 0.573 e. The molecule has 0 aliphatic heterocycles. The van der Waals surface area contributed by atoms with Gasteiger partial charge in [-0.3, -0.25) is 0 Å². The first-order valence-corrected chi connectivity index (χ1v) is 13.0. The van der Waals surface area contributed by atoms with Gasteiger partial charge in [0.15, 0.2) is 5.69 Å². The average Bonchev–Trinajstić information content (AvgIpc) is 3.26. The number of halogens is 3. The molecule has 1 aromatic heterocycles. The molecule has 7 nitrogen and oxygen atoms in total. The number of nitrogens with zero attached hydrogens (tertiary/aromatic N) is 3. The molecule has 0 radical (unpaired) electrons. The van der Waals surface area contributed by atoms with Gasteiger partial charge in [0.25, 0.3) is 0 Å². The fraction of sp³-hybridized carbons (Fsp3) is 0.462. The number of alkyl halides is 3. The van der Waals surface area contributed by atoms with Crippen LogP contribution in [0.1, 0.15) is 61.6 Å². The number of thioether (sulfide) groups is 1. The summed E-state index contributed by atoms with van der Waals surface area (Å²) in [6, 6.07) is 13.9. The summed E-state index contributed by atoms with van der Waals surface area (Å²) in [5.41, 5.74) is 2.44. The van der Waals surface area contributed by atoms with Gasteiger partial charge in [-0.15, -0.1) is 30.0 Å². The number of aromatic nitrogens is 3. The number of benzene rings is 2. The van der Waals surface area contributed by atoms with Gasteiger partial charge in [-0.1, -0.05) is 29.5 Å². The van der Waals surface area contributed by atoms with E-state index in [9.17, 15) is 18.3 Å². The van der Waals surface area contributed by atoms with Crippen molar-refractivity contribution in [1.29, 1.82) is 0 Å². The van der Waals surface area contributed by atoms with Gasteiger partial charge in [0, 0.05) is 11.9 Å². The van der Waals surface area contributed by atoms with E-state index in [1.807, 2.05) is 24.3 Å². The minimum absolute atomic E-state index is 0.210. The van der Waals surface area contributed by atoms with E-state index in [1.165, 1.54) is 12.1 Å². The van der Waals surface area contributed by atoms with Crippen molar-refractivity contribution < 1.29 is 32.5 Å². The fourth-order valence-electron chi connectivity index (χ4n) is 4.45. The molecule has 4 rings (SSSR count). The highest BCUT2D eigenvalue weighted by Gasteiger charge is 2.31. The van der Waals surface area contributed by atoms with Crippen LogP contribution in [0.3, 0.4) is 0 Å². The Morgan fingerprint density at radius 3 is 2.27 bits per heavy atom. The molecule has 0 spiro atoms. The molecule has 3 aromatic rings. The molecular formula is C26H30F3N3O4S. The number of ether oxygens (including phenoxy) is 3. The molecule has 1 heterocycles. The fourth-order valence-corrected chi connectivity index (χ4v) is 5.76. The van der Waals surface area contributed by atoms with Gasteiger partial charge >= 0.3 is 6.36 Å². The van der Waals surface area contributed by atoms with E-state index in [1.54, 1.807) is 42.6 Å². The maximum absolute atomic E-state index is 12.4. The zero-order valence-corrected chi connectivity index (χ0v) is 21.5. The quantitative estimate of drug-likeness (QED) is 0.314. The Hall–Kier alpha value is -2.76. The SMILES string of the molecule is CCOC(O)c1nnn(Cc2ccc(OC)cc2)c1S[C@H]1CC[C@@H](c2ccc(OC(F)(F)F)cc2)CC1. The molecule has 1 saturated carbocycles. The Kier molecular flexibility index (Phi) is 8.99. The summed E-state index contributed by atoms with van der Waals surface area (Å²) in [5.74, 6) is 0.828. The molecule has 0 bridgehead atoms. The van der Waals surface area contributed by atoms with Gasteiger partial charge in [-0.25, -0.2) is 4.68 Å². The van der Waals surface area contributed by atoms with E-state index >= 15 is 0 Å². The summed E-state index contributed by atoms with van der Waals surface area (Å²) >= 11 is 1.64. The Bertz CT molecular complexity index is 1130. The van der Waals surface area contributed by atoms with Crippen LogP contribution < -0.4 is 9.47 Å². The highest BCUT2D eigenvalue weighted by Crippen LogP contribution is 2.42. The standard InChI is InChI=1S/C26H30F3N3O4S/c1-3-35-25(33)23-24(32(31-30-23)16-17-4-10-20(34-2)11-5-17)37-22-14-8-19(9-15-22)18-6-12-21(13-7-18)36-26(27,28)29/h4-7,10-13,19,22,25,33H,3,8-9,14-16H2,1-2H3/t19-,22+,25?. The van der Waals surface area contributed by atoms with Crippen LogP contribution >= 0.6 is 11.8 Å². The third-order valence-corrected chi connectivity index (χ3v) is 7.75. The minimum Gasteiger partial charge on any atom is -0.497 e. The Morgan fingerprint density at radius 1 is 1.03 bits per heavy atom. The normalized spacial score (nSPS) is 19.0.